The number of rotatable bonds is 8. The minimum Gasteiger partial charge on any atom is -0.496 e. The lowest BCUT2D eigenvalue weighted by Crippen LogP contribution is -2.43. The minimum atomic E-state index is 0.125. The highest BCUT2D eigenvalue weighted by molar-refractivity contribution is 5.78. The Morgan fingerprint density at radius 2 is 2.06 bits per heavy atom. The number of hydrogen-bond acceptors (Lipinski definition) is 6. The van der Waals surface area contributed by atoms with Crippen LogP contribution in [-0.2, 0) is 17.8 Å². The van der Waals surface area contributed by atoms with Crippen LogP contribution < -0.4 is 4.74 Å². The molecule has 7 nitrogen and oxygen atoms in total. The number of piperidine rings is 1. The number of methoxy groups -OCH3 is 1. The van der Waals surface area contributed by atoms with Gasteiger partial charge in [-0.1, -0.05) is 24.3 Å². The van der Waals surface area contributed by atoms with Crippen molar-refractivity contribution < 1.29 is 13.9 Å². The molecule has 2 aromatic heterocycles. The van der Waals surface area contributed by atoms with E-state index < -0.39 is 0 Å². The van der Waals surface area contributed by atoms with Crippen molar-refractivity contribution in [3.05, 3.63) is 77.8 Å². The Morgan fingerprint density at radius 1 is 1.22 bits per heavy atom. The first-order chi connectivity index (χ1) is 15.6. The molecule has 168 valence electrons. The number of hydrogen-bond donors (Lipinski definition) is 0. The normalized spacial score (nSPS) is 16.3. The smallest absolute Gasteiger partial charge is 0.236 e. The number of ether oxygens (including phenoxy) is 1. The largest absolute Gasteiger partial charge is 0.496 e. The van der Waals surface area contributed by atoms with Crippen molar-refractivity contribution in [1.29, 1.82) is 0 Å². The second kappa shape index (κ2) is 10.4. The summed E-state index contributed by atoms with van der Waals surface area (Å²) < 4.78 is 11.5. The molecule has 0 aliphatic carbocycles. The van der Waals surface area contributed by atoms with E-state index in [4.69, 9.17) is 9.15 Å². The van der Waals surface area contributed by atoms with Crippen LogP contribution in [0.15, 0.2) is 59.3 Å². The first-order valence-electron chi connectivity index (χ1n) is 11.0. The average molecular weight is 435 g/mol. The van der Waals surface area contributed by atoms with E-state index in [0.29, 0.717) is 31.9 Å². The number of oxazole rings is 1. The molecule has 3 aromatic rings. The van der Waals surface area contributed by atoms with Gasteiger partial charge in [-0.15, -0.1) is 0 Å². The second-order valence-corrected chi connectivity index (χ2v) is 8.33. The summed E-state index contributed by atoms with van der Waals surface area (Å²) in [5.41, 5.74) is 2.02. The predicted molar refractivity (Wildman–Crippen MR) is 121 cm³/mol. The van der Waals surface area contributed by atoms with Crippen molar-refractivity contribution in [2.75, 3.05) is 33.8 Å². The highest BCUT2D eigenvalue weighted by atomic mass is 16.5. The fourth-order valence-corrected chi connectivity index (χ4v) is 4.19. The maximum absolute atomic E-state index is 12.9. The SMILES string of the molecule is COc1ccccc1Cc1cnc([C@@H]2CCCN(C(=O)CN(C)Cc3ccccn3)C2)o1. The summed E-state index contributed by atoms with van der Waals surface area (Å²) >= 11 is 0. The maximum Gasteiger partial charge on any atom is 0.236 e. The summed E-state index contributed by atoms with van der Waals surface area (Å²) in [5.74, 6) is 2.63. The van der Waals surface area contributed by atoms with Crippen LogP contribution in [0, 0.1) is 0 Å². The van der Waals surface area contributed by atoms with Crippen LogP contribution in [0.25, 0.3) is 0 Å². The van der Waals surface area contributed by atoms with Gasteiger partial charge in [0.2, 0.25) is 5.91 Å². The lowest BCUT2D eigenvalue weighted by atomic mass is 9.98. The summed E-state index contributed by atoms with van der Waals surface area (Å²) in [7, 11) is 3.62. The van der Waals surface area contributed by atoms with Gasteiger partial charge in [0.05, 0.1) is 31.5 Å². The third-order valence-electron chi connectivity index (χ3n) is 5.82. The number of benzene rings is 1. The fourth-order valence-electron chi connectivity index (χ4n) is 4.19. The molecule has 0 N–H and O–H groups in total. The zero-order valence-corrected chi connectivity index (χ0v) is 18.7. The molecule has 7 heteroatoms. The van der Waals surface area contributed by atoms with Gasteiger partial charge in [0.1, 0.15) is 11.5 Å². The quantitative estimate of drug-likeness (QED) is 0.540. The summed E-state index contributed by atoms with van der Waals surface area (Å²) in [6.45, 7) is 2.44. The van der Waals surface area contributed by atoms with Crippen LogP contribution in [0.1, 0.15) is 41.7 Å². The molecule has 0 bridgehead atoms. The highest BCUT2D eigenvalue weighted by Crippen LogP contribution is 2.28. The van der Waals surface area contributed by atoms with Gasteiger partial charge in [-0.2, -0.15) is 0 Å². The number of likely N-dealkylation sites (N-methyl/N-ethyl adjacent to an activating group) is 1. The summed E-state index contributed by atoms with van der Waals surface area (Å²) in [6.07, 6.45) is 6.12. The van der Waals surface area contributed by atoms with Crippen LogP contribution in [0.3, 0.4) is 0 Å². The van der Waals surface area contributed by atoms with Crippen LogP contribution in [0.4, 0.5) is 0 Å². The third kappa shape index (κ3) is 5.53. The molecule has 32 heavy (non-hydrogen) atoms. The first kappa shape index (κ1) is 22.0. The standard InChI is InChI=1S/C25H30N4O3/c1-28(17-21-10-5-6-12-26-21)18-24(30)29-13-7-9-20(16-29)25-27-15-22(32-25)14-19-8-3-4-11-23(19)31-2/h3-6,8,10-12,15,20H,7,9,13-14,16-18H2,1-2H3/t20-/m1/s1. The Bertz CT molecular complexity index is 1020. The zero-order chi connectivity index (χ0) is 22.3. The van der Waals surface area contributed by atoms with Gasteiger partial charge in [0.25, 0.3) is 0 Å². The van der Waals surface area contributed by atoms with E-state index in [1.807, 2.05) is 59.3 Å². The van der Waals surface area contributed by atoms with Crippen molar-refractivity contribution in [3.63, 3.8) is 0 Å². The Kier molecular flexibility index (Phi) is 7.17. The lowest BCUT2D eigenvalue weighted by molar-refractivity contribution is -0.133. The van der Waals surface area contributed by atoms with E-state index in [1.165, 1.54) is 0 Å². The van der Waals surface area contributed by atoms with Gasteiger partial charge >= 0.3 is 0 Å². The molecular weight excluding hydrogens is 404 g/mol. The molecular formula is C25H30N4O3. The van der Waals surface area contributed by atoms with Crippen molar-refractivity contribution >= 4 is 5.91 Å². The molecule has 4 rings (SSSR count). The average Bonchev–Trinajstić information content (AvgIpc) is 3.28. The van der Waals surface area contributed by atoms with E-state index in [9.17, 15) is 4.79 Å². The van der Waals surface area contributed by atoms with Crippen LogP contribution in [0.2, 0.25) is 0 Å². The monoisotopic (exact) mass is 434 g/mol. The lowest BCUT2D eigenvalue weighted by Gasteiger charge is -2.32. The molecule has 3 heterocycles. The van der Waals surface area contributed by atoms with E-state index in [1.54, 1.807) is 19.5 Å². The number of para-hydroxylation sites is 1. The van der Waals surface area contributed by atoms with Gasteiger partial charge < -0.3 is 14.1 Å². The number of nitrogens with zero attached hydrogens (tertiary/aromatic N) is 4. The number of pyridine rings is 1. The predicted octanol–water partition coefficient (Wildman–Crippen LogP) is 3.51. The number of likely N-dealkylation sites (tertiary alicyclic amines) is 1. The second-order valence-electron chi connectivity index (χ2n) is 8.33. The molecule has 1 fully saturated rings. The first-order valence-corrected chi connectivity index (χ1v) is 11.0. The van der Waals surface area contributed by atoms with Crippen molar-refractivity contribution in [1.82, 2.24) is 19.8 Å². The Hall–Kier alpha value is -3.19. The highest BCUT2D eigenvalue weighted by Gasteiger charge is 2.28. The molecule has 1 saturated heterocycles. The molecule has 1 aromatic carbocycles. The molecule has 1 amide bonds. The topological polar surface area (TPSA) is 71.7 Å². The van der Waals surface area contributed by atoms with E-state index in [0.717, 1.165) is 42.2 Å². The van der Waals surface area contributed by atoms with Gasteiger partial charge in [0, 0.05) is 37.8 Å². The number of aromatic nitrogens is 2. The van der Waals surface area contributed by atoms with E-state index >= 15 is 0 Å². The molecule has 0 radical (unpaired) electrons. The molecule has 1 aliphatic rings. The van der Waals surface area contributed by atoms with Gasteiger partial charge in [-0.3, -0.25) is 14.7 Å². The third-order valence-corrected chi connectivity index (χ3v) is 5.82. The summed E-state index contributed by atoms with van der Waals surface area (Å²) in [5, 5.41) is 0. The molecule has 0 spiro atoms. The fraction of sp³-hybridized carbons (Fsp3) is 0.400. The summed E-state index contributed by atoms with van der Waals surface area (Å²) in [4.78, 5) is 25.7. The zero-order valence-electron chi connectivity index (χ0n) is 18.7. The molecule has 0 unspecified atom stereocenters. The van der Waals surface area contributed by atoms with Crippen molar-refractivity contribution in [2.45, 2.75) is 31.7 Å². The maximum atomic E-state index is 12.9. The number of carbonyl (C=O) groups is 1. The molecule has 1 aliphatic heterocycles. The molecule has 1 atom stereocenters. The van der Waals surface area contributed by atoms with Crippen molar-refractivity contribution in [3.8, 4) is 5.75 Å². The Morgan fingerprint density at radius 3 is 2.88 bits per heavy atom. The number of carbonyl (C=O) groups excluding carboxylic acids is 1. The van der Waals surface area contributed by atoms with Gasteiger partial charge in [-0.25, -0.2) is 4.98 Å². The molecule has 0 saturated carbocycles. The Labute approximate surface area is 189 Å². The van der Waals surface area contributed by atoms with Gasteiger partial charge in [-0.05, 0) is 38.1 Å². The van der Waals surface area contributed by atoms with Crippen LogP contribution in [-0.4, -0.2) is 59.5 Å². The van der Waals surface area contributed by atoms with Crippen LogP contribution >= 0.6 is 0 Å². The summed E-state index contributed by atoms with van der Waals surface area (Å²) in [6, 6.07) is 13.8. The van der Waals surface area contributed by atoms with Crippen molar-refractivity contribution in [2.24, 2.45) is 0 Å². The van der Waals surface area contributed by atoms with Crippen LogP contribution in [0.5, 0.6) is 5.75 Å². The van der Waals surface area contributed by atoms with Gasteiger partial charge in [0.15, 0.2) is 5.89 Å². The minimum absolute atomic E-state index is 0.125. The van der Waals surface area contributed by atoms with E-state index in [-0.39, 0.29) is 11.8 Å². The Balaban J connectivity index is 1.34. The number of amides is 1. The van der Waals surface area contributed by atoms with E-state index in [2.05, 4.69) is 9.97 Å².